The van der Waals surface area contributed by atoms with E-state index >= 15 is 0 Å². The summed E-state index contributed by atoms with van der Waals surface area (Å²) in [6.07, 6.45) is 3.68. The number of rotatable bonds is 8. The third-order valence-electron chi connectivity index (χ3n) is 3.23. The summed E-state index contributed by atoms with van der Waals surface area (Å²) in [5.74, 6) is 1.39. The fourth-order valence-corrected chi connectivity index (χ4v) is 2.08. The minimum atomic E-state index is 0.123. The molecule has 120 valence electrons. The zero-order valence-corrected chi connectivity index (χ0v) is 12.9. The Morgan fingerprint density at radius 2 is 1.22 bits per heavy atom. The molecule has 0 atom stereocenters. The zero-order chi connectivity index (χ0) is 16.7. The summed E-state index contributed by atoms with van der Waals surface area (Å²) in [5.41, 5.74) is 1.40. The lowest BCUT2D eigenvalue weighted by Crippen LogP contribution is -1.96. The van der Waals surface area contributed by atoms with E-state index in [0.29, 0.717) is 42.3 Å². The summed E-state index contributed by atoms with van der Waals surface area (Å²) in [4.78, 5) is 0. The van der Waals surface area contributed by atoms with Crippen molar-refractivity contribution in [3.63, 3.8) is 0 Å². The number of hydrogen-bond donors (Lipinski definition) is 2. The maximum atomic E-state index is 10.1. The molecule has 2 rings (SSSR count). The second kappa shape index (κ2) is 7.94. The van der Waals surface area contributed by atoms with E-state index in [0.717, 1.165) is 0 Å². The van der Waals surface area contributed by atoms with Crippen molar-refractivity contribution in [2.75, 3.05) is 13.2 Å². The molecular formula is C19H20O4. The number of ether oxygens (including phenoxy) is 2. The second-order valence-corrected chi connectivity index (χ2v) is 4.96. The van der Waals surface area contributed by atoms with Gasteiger partial charge in [0.15, 0.2) is 0 Å². The van der Waals surface area contributed by atoms with Gasteiger partial charge in [0.1, 0.15) is 36.2 Å². The molecule has 0 saturated carbocycles. The molecule has 2 aromatic carbocycles. The molecule has 2 N–H and O–H groups in total. The lowest BCUT2D eigenvalue weighted by atomic mass is 10.0. The third kappa shape index (κ3) is 4.54. The Hall–Kier alpha value is -2.88. The first-order chi connectivity index (χ1) is 11.1. The van der Waals surface area contributed by atoms with Gasteiger partial charge in [0.2, 0.25) is 0 Å². The Bertz CT molecular complexity index is 632. The number of aromatic hydroxyl groups is 2. The molecule has 0 saturated heterocycles. The van der Waals surface area contributed by atoms with E-state index in [2.05, 4.69) is 13.2 Å². The first kappa shape index (κ1) is 16.5. The summed E-state index contributed by atoms with van der Waals surface area (Å²) < 4.78 is 10.7. The number of hydrogen-bond acceptors (Lipinski definition) is 4. The van der Waals surface area contributed by atoms with Crippen LogP contribution in [-0.4, -0.2) is 23.4 Å². The molecule has 23 heavy (non-hydrogen) atoms. The normalized spacial score (nSPS) is 10.1. The van der Waals surface area contributed by atoms with Gasteiger partial charge in [-0.15, -0.1) is 0 Å². The smallest absolute Gasteiger partial charge is 0.123 e. The van der Waals surface area contributed by atoms with Crippen LogP contribution in [0, 0.1) is 0 Å². The average molecular weight is 312 g/mol. The van der Waals surface area contributed by atoms with Crippen molar-refractivity contribution in [1.29, 1.82) is 0 Å². The quantitative estimate of drug-likeness (QED) is 0.728. The molecular weight excluding hydrogens is 292 g/mol. The molecule has 0 aliphatic heterocycles. The van der Waals surface area contributed by atoms with E-state index in [1.807, 2.05) is 0 Å². The predicted molar refractivity (Wildman–Crippen MR) is 90.4 cm³/mol. The van der Waals surface area contributed by atoms with E-state index in [9.17, 15) is 10.2 Å². The molecule has 0 aromatic heterocycles. The highest BCUT2D eigenvalue weighted by molar-refractivity contribution is 5.46. The molecule has 0 radical (unpaired) electrons. The van der Waals surface area contributed by atoms with Crippen LogP contribution in [0.5, 0.6) is 23.0 Å². The van der Waals surface area contributed by atoms with Crippen molar-refractivity contribution in [2.24, 2.45) is 0 Å². The fraction of sp³-hybridized carbons (Fsp3) is 0.158. The fourth-order valence-electron chi connectivity index (χ4n) is 2.08. The van der Waals surface area contributed by atoms with E-state index in [1.54, 1.807) is 48.6 Å². The molecule has 0 aliphatic carbocycles. The molecule has 0 aliphatic rings. The highest BCUT2D eigenvalue weighted by Crippen LogP contribution is 2.30. The second-order valence-electron chi connectivity index (χ2n) is 4.96. The van der Waals surface area contributed by atoms with Crippen molar-refractivity contribution in [3.8, 4) is 23.0 Å². The van der Waals surface area contributed by atoms with Gasteiger partial charge < -0.3 is 19.7 Å². The maximum absolute atomic E-state index is 10.1. The van der Waals surface area contributed by atoms with Crippen LogP contribution in [0.3, 0.4) is 0 Å². The van der Waals surface area contributed by atoms with E-state index in [1.165, 1.54) is 0 Å². The van der Waals surface area contributed by atoms with E-state index in [-0.39, 0.29) is 11.5 Å². The third-order valence-corrected chi connectivity index (χ3v) is 3.23. The summed E-state index contributed by atoms with van der Waals surface area (Å²) >= 11 is 0. The van der Waals surface area contributed by atoms with Gasteiger partial charge in [-0.05, 0) is 23.3 Å². The minimum absolute atomic E-state index is 0.123. The van der Waals surface area contributed by atoms with Crippen LogP contribution in [0.25, 0.3) is 0 Å². The van der Waals surface area contributed by atoms with Gasteiger partial charge in [-0.2, -0.15) is 0 Å². The standard InChI is InChI=1S/C19H20O4/c1-3-9-22-16-7-5-14(18(20)12-16)11-15-6-8-17(13-19(15)21)23-10-4-2/h3-8,12-13,20-21H,1-2,9-11H2. The molecule has 0 amide bonds. The van der Waals surface area contributed by atoms with Crippen molar-refractivity contribution in [2.45, 2.75) is 6.42 Å². The van der Waals surface area contributed by atoms with Gasteiger partial charge in [0.25, 0.3) is 0 Å². The molecule has 0 heterocycles. The highest BCUT2D eigenvalue weighted by atomic mass is 16.5. The first-order valence-electron chi connectivity index (χ1n) is 7.25. The van der Waals surface area contributed by atoms with Crippen LogP contribution in [-0.2, 0) is 6.42 Å². The molecule has 4 nitrogen and oxygen atoms in total. The van der Waals surface area contributed by atoms with E-state index in [4.69, 9.17) is 9.47 Å². The van der Waals surface area contributed by atoms with Gasteiger partial charge in [0, 0.05) is 18.6 Å². The lowest BCUT2D eigenvalue weighted by Gasteiger charge is -2.10. The van der Waals surface area contributed by atoms with E-state index < -0.39 is 0 Å². The van der Waals surface area contributed by atoms with Crippen molar-refractivity contribution in [3.05, 3.63) is 72.8 Å². The SMILES string of the molecule is C=CCOc1ccc(Cc2ccc(OCC=C)cc2O)c(O)c1. The maximum Gasteiger partial charge on any atom is 0.123 e. The van der Waals surface area contributed by atoms with Crippen LogP contribution < -0.4 is 9.47 Å². The van der Waals surface area contributed by atoms with Gasteiger partial charge in [-0.1, -0.05) is 37.4 Å². The Morgan fingerprint density at radius 1 is 0.783 bits per heavy atom. The Balaban J connectivity index is 2.12. The van der Waals surface area contributed by atoms with Crippen LogP contribution in [0.4, 0.5) is 0 Å². The monoisotopic (exact) mass is 312 g/mol. The highest BCUT2D eigenvalue weighted by Gasteiger charge is 2.09. The summed E-state index contributed by atoms with van der Waals surface area (Å²) in [5, 5.41) is 20.2. The summed E-state index contributed by atoms with van der Waals surface area (Å²) in [7, 11) is 0. The number of benzene rings is 2. The summed E-state index contributed by atoms with van der Waals surface area (Å²) in [6.45, 7) is 7.91. The Kier molecular flexibility index (Phi) is 5.69. The average Bonchev–Trinajstić information content (AvgIpc) is 2.55. The molecule has 0 fully saturated rings. The van der Waals surface area contributed by atoms with Crippen LogP contribution in [0.15, 0.2) is 61.7 Å². The molecule has 0 spiro atoms. The molecule has 4 heteroatoms. The van der Waals surface area contributed by atoms with Crippen molar-refractivity contribution in [1.82, 2.24) is 0 Å². The van der Waals surface area contributed by atoms with Gasteiger partial charge in [-0.25, -0.2) is 0 Å². The van der Waals surface area contributed by atoms with Crippen molar-refractivity contribution < 1.29 is 19.7 Å². The van der Waals surface area contributed by atoms with Gasteiger partial charge >= 0.3 is 0 Å². The Labute approximate surface area is 135 Å². The zero-order valence-electron chi connectivity index (χ0n) is 12.9. The lowest BCUT2D eigenvalue weighted by molar-refractivity contribution is 0.359. The van der Waals surface area contributed by atoms with Crippen LogP contribution in [0.1, 0.15) is 11.1 Å². The first-order valence-corrected chi connectivity index (χ1v) is 7.25. The van der Waals surface area contributed by atoms with Crippen LogP contribution >= 0.6 is 0 Å². The largest absolute Gasteiger partial charge is 0.508 e. The van der Waals surface area contributed by atoms with Crippen LogP contribution in [0.2, 0.25) is 0 Å². The number of phenols is 2. The van der Waals surface area contributed by atoms with Gasteiger partial charge in [-0.3, -0.25) is 0 Å². The molecule has 0 bridgehead atoms. The van der Waals surface area contributed by atoms with Crippen molar-refractivity contribution >= 4 is 0 Å². The number of phenolic OH excluding ortho intramolecular Hbond substituents is 2. The molecule has 0 unspecified atom stereocenters. The minimum Gasteiger partial charge on any atom is -0.508 e. The summed E-state index contributed by atoms with van der Waals surface area (Å²) in [6, 6.07) is 10.2. The molecule has 2 aromatic rings. The Morgan fingerprint density at radius 3 is 1.57 bits per heavy atom. The topological polar surface area (TPSA) is 58.9 Å². The van der Waals surface area contributed by atoms with Gasteiger partial charge in [0.05, 0.1) is 0 Å². The predicted octanol–water partition coefficient (Wildman–Crippen LogP) is 3.82.